The average molecular weight is 454 g/mol. The zero-order chi connectivity index (χ0) is 22.0. The number of nitrogens with one attached hydrogen (secondary N) is 2. The standard InChI is InChI=1S/C21H20ClN7OS/c1-12-7-13(2)9-16(8-12)24-19(30)11-31-21-28-27-20(29(21)23)18-10-17(25-26-18)14-3-5-15(22)6-4-14/h3-10H,11,23H2,1-2H3,(H,24,30)(H,25,26). The Morgan fingerprint density at radius 3 is 2.55 bits per heavy atom. The van der Waals surface area contributed by atoms with Crippen LogP contribution in [0, 0.1) is 13.8 Å². The lowest BCUT2D eigenvalue weighted by Gasteiger charge is -2.07. The highest BCUT2D eigenvalue weighted by atomic mass is 35.5. The molecule has 0 radical (unpaired) electrons. The van der Waals surface area contributed by atoms with E-state index in [1.54, 1.807) is 12.1 Å². The lowest BCUT2D eigenvalue weighted by molar-refractivity contribution is -0.113. The fraction of sp³-hybridized carbons (Fsp3) is 0.143. The monoisotopic (exact) mass is 453 g/mol. The maximum Gasteiger partial charge on any atom is 0.234 e. The van der Waals surface area contributed by atoms with Gasteiger partial charge in [-0.1, -0.05) is 41.6 Å². The van der Waals surface area contributed by atoms with Gasteiger partial charge in [-0.25, -0.2) is 4.68 Å². The number of hydrogen-bond donors (Lipinski definition) is 3. The molecule has 0 aliphatic carbocycles. The Morgan fingerprint density at radius 2 is 1.84 bits per heavy atom. The number of halogens is 1. The number of aryl methyl sites for hydroxylation is 2. The van der Waals surface area contributed by atoms with E-state index < -0.39 is 0 Å². The number of aromatic amines is 1. The first-order chi connectivity index (χ1) is 14.9. The first kappa shape index (κ1) is 21.0. The third kappa shape index (κ3) is 4.89. The van der Waals surface area contributed by atoms with E-state index in [1.165, 1.54) is 16.4 Å². The zero-order valence-corrected chi connectivity index (χ0v) is 18.5. The molecule has 0 aliphatic rings. The molecule has 2 heterocycles. The van der Waals surface area contributed by atoms with Gasteiger partial charge in [0.05, 0.1) is 11.4 Å². The van der Waals surface area contributed by atoms with Gasteiger partial charge in [-0.05, 0) is 55.3 Å². The Bertz CT molecular complexity index is 1210. The molecule has 8 nitrogen and oxygen atoms in total. The van der Waals surface area contributed by atoms with E-state index in [0.717, 1.165) is 28.1 Å². The van der Waals surface area contributed by atoms with Gasteiger partial charge in [0.15, 0.2) is 0 Å². The molecule has 1 amide bonds. The molecule has 0 unspecified atom stereocenters. The Kier molecular flexibility index (Phi) is 5.97. The molecule has 0 saturated carbocycles. The van der Waals surface area contributed by atoms with Crippen molar-refractivity contribution in [2.24, 2.45) is 0 Å². The van der Waals surface area contributed by atoms with Gasteiger partial charge < -0.3 is 11.2 Å². The van der Waals surface area contributed by atoms with Crippen molar-refractivity contribution in [3.8, 4) is 22.8 Å². The fourth-order valence-electron chi connectivity index (χ4n) is 3.14. The number of thioether (sulfide) groups is 1. The van der Waals surface area contributed by atoms with Crippen molar-refractivity contribution in [3.05, 3.63) is 64.7 Å². The molecule has 2 aromatic heterocycles. The van der Waals surface area contributed by atoms with Gasteiger partial charge in [-0.3, -0.25) is 9.89 Å². The van der Waals surface area contributed by atoms with Crippen molar-refractivity contribution in [2.45, 2.75) is 19.0 Å². The number of H-pyrrole nitrogens is 1. The summed E-state index contributed by atoms with van der Waals surface area (Å²) in [6.45, 7) is 3.98. The van der Waals surface area contributed by atoms with Crippen LogP contribution < -0.4 is 11.2 Å². The molecule has 4 aromatic rings. The number of amides is 1. The number of nitrogens with zero attached hydrogens (tertiary/aromatic N) is 4. The predicted molar refractivity (Wildman–Crippen MR) is 123 cm³/mol. The molecule has 2 aromatic carbocycles. The molecule has 0 fully saturated rings. The zero-order valence-electron chi connectivity index (χ0n) is 16.9. The lowest BCUT2D eigenvalue weighted by Crippen LogP contribution is -2.16. The number of nitrogen functional groups attached to an aromatic ring is 1. The Morgan fingerprint density at radius 1 is 1.13 bits per heavy atom. The molecule has 0 aliphatic heterocycles. The number of benzene rings is 2. The van der Waals surface area contributed by atoms with Crippen molar-refractivity contribution in [2.75, 3.05) is 16.9 Å². The smallest absolute Gasteiger partial charge is 0.234 e. The van der Waals surface area contributed by atoms with Gasteiger partial charge in [0.1, 0.15) is 5.69 Å². The van der Waals surface area contributed by atoms with Crippen LogP contribution in [0.5, 0.6) is 0 Å². The molecule has 0 bridgehead atoms. The summed E-state index contributed by atoms with van der Waals surface area (Å²) >= 11 is 7.14. The number of carbonyl (C=O) groups is 1. The Hall–Kier alpha value is -3.30. The second-order valence-electron chi connectivity index (χ2n) is 7.06. The minimum Gasteiger partial charge on any atom is -0.335 e. The van der Waals surface area contributed by atoms with Crippen LogP contribution in [0.25, 0.3) is 22.8 Å². The van der Waals surface area contributed by atoms with Gasteiger partial charge >= 0.3 is 0 Å². The summed E-state index contributed by atoms with van der Waals surface area (Å²) < 4.78 is 1.34. The van der Waals surface area contributed by atoms with Crippen LogP contribution in [-0.4, -0.2) is 36.7 Å². The SMILES string of the molecule is Cc1cc(C)cc(NC(=O)CSc2nnc(-c3cc(-c4ccc(Cl)cc4)n[nH]3)n2N)c1. The van der Waals surface area contributed by atoms with E-state index in [-0.39, 0.29) is 11.7 Å². The van der Waals surface area contributed by atoms with Crippen LogP contribution in [0.4, 0.5) is 5.69 Å². The topological polar surface area (TPSA) is 115 Å². The maximum absolute atomic E-state index is 12.3. The predicted octanol–water partition coefficient (Wildman–Crippen LogP) is 4.05. The molecule has 4 rings (SSSR count). The van der Waals surface area contributed by atoms with Gasteiger partial charge in [0.25, 0.3) is 0 Å². The molecular weight excluding hydrogens is 434 g/mol. The summed E-state index contributed by atoms with van der Waals surface area (Å²) in [5, 5.41) is 19.4. The van der Waals surface area contributed by atoms with Gasteiger partial charge in [0.2, 0.25) is 16.9 Å². The fourth-order valence-corrected chi connectivity index (χ4v) is 3.92. The molecule has 31 heavy (non-hydrogen) atoms. The second kappa shape index (κ2) is 8.83. The normalized spacial score (nSPS) is 10.9. The van der Waals surface area contributed by atoms with Gasteiger partial charge in [-0.2, -0.15) is 5.10 Å². The molecular formula is C21H20ClN7OS. The van der Waals surface area contributed by atoms with Crippen molar-refractivity contribution >= 4 is 35.0 Å². The summed E-state index contributed by atoms with van der Waals surface area (Å²) in [5.41, 5.74) is 5.21. The van der Waals surface area contributed by atoms with Gasteiger partial charge in [-0.15, -0.1) is 10.2 Å². The highest BCUT2D eigenvalue weighted by molar-refractivity contribution is 7.99. The van der Waals surface area contributed by atoms with Crippen molar-refractivity contribution in [3.63, 3.8) is 0 Å². The van der Waals surface area contributed by atoms with Crippen LogP contribution in [-0.2, 0) is 4.79 Å². The Labute approximate surface area is 188 Å². The molecule has 0 saturated heterocycles. The van der Waals surface area contributed by atoms with E-state index >= 15 is 0 Å². The molecule has 4 N–H and O–H groups in total. The minimum absolute atomic E-state index is 0.147. The maximum atomic E-state index is 12.3. The highest BCUT2D eigenvalue weighted by Crippen LogP contribution is 2.25. The highest BCUT2D eigenvalue weighted by Gasteiger charge is 2.16. The molecule has 0 atom stereocenters. The number of carbonyl (C=O) groups excluding carboxylic acids is 1. The first-order valence-electron chi connectivity index (χ1n) is 9.42. The molecule has 158 valence electrons. The number of aromatic nitrogens is 5. The summed E-state index contributed by atoms with van der Waals surface area (Å²) in [5.74, 6) is 6.58. The van der Waals surface area contributed by atoms with E-state index in [9.17, 15) is 4.79 Å². The molecule has 0 spiro atoms. The van der Waals surface area contributed by atoms with Gasteiger partial charge in [0, 0.05) is 16.3 Å². The summed E-state index contributed by atoms with van der Waals surface area (Å²) in [6.07, 6.45) is 0. The first-order valence-corrected chi connectivity index (χ1v) is 10.8. The van der Waals surface area contributed by atoms with Crippen LogP contribution in [0.15, 0.2) is 53.7 Å². The average Bonchev–Trinajstić information content (AvgIpc) is 3.33. The number of hydrogen-bond acceptors (Lipinski definition) is 6. The third-order valence-corrected chi connectivity index (χ3v) is 5.66. The quantitative estimate of drug-likeness (QED) is 0.299. The van der Waals surface area contributed by atoms with Crippen LogP contribution in [0.1, 0.15) is 11.1 Å². The number of rotatable bonds is 6. The Balaban J connectivity index is 1.42. The van der Waals surface area contributed by atoms with Crippen LogP contribution in [0.3, 0.4) is 0 Å². The van der Waals surface area contributed by atoms with E-state index in [0.29, 0.717) is 21.7 Å². The molecule has 10 heteroatoms. The van der Waals surface area contributed by atoms with E-state index in [1.807, 2.05) is 44.2 Å². The van der Waals surface area contributed by atoms with E-state index in [2.05, 4.69) is 31.8 Å². The van der Waals surface area contributed by atoms with Crippen LogP contribution in [0.2, 0.25) is 5.02 Å². The van der Waals surface area contributed by atoms with Crippen molar-refractivity contribution < 1.29 is 4.79 Å². The summed E-state index contributed by atoms with van der Waals surface area (Å²) in [7, 11) is 0. The van der Waals surface area contributed by atoms with Crippen LogP contribution >= 0.6 is 23.4 Å². The largest absolute Gasteiger partial charge is 0.335 e. The number of anilines is 1. The van der Waals surface area contributed by atoms with E-state index in [4.69, 9.17) is 17.4 Å². The lowest BCUT2D eigenvalue weighted by atomic mass is 10.1. The summed E-state index contributed by atoms with van der Waals surface area (Å²) in [6, 6.07) is 15.1. The minimum atomic E-state index is -0.147. The summed E-state index contributed by atoms with van der Waals surface area (Å²) in [4.78, 5) is 12.3. The van der Waals surface area contributed by atoms with Crippen molar-refractivity contribution in [1.82, 2.24) is 25.1 Å². The third-order valence-electron chi connectivity index (χ3n) is 4.46. The second-order valence-corrected chi connectivity index (χ2v) is 8.44. The van der Waals surface area contributed by atoms with Crippen molar-refractivity contribution in [1.29, 1.82) is 0 Å². The number of nitrogens with two attached hydrogens (primary N) is 1.